The Morgan fingerprint density at radius 3 is 1.40 bits per heavy atom. The SMILES string of the molecule is CCCCC/C=C\C/C=C\CCCCCCCCCCCC(=O)NC(COP(=O)(O)OCCN)C(O)/C=C/CCCCCCCCCCCCCCCCCCCC. The molecule has 0 aliphatic carbocycles. The summed E-state index contributed by atoms with van der Waals surface area (Å²) >= 11 is 0. The van der Waals surface area contributed by atoms with Crippen LogP contribution in [-0.2, 0) is 18.4 Å². The Bertz CT molecular complexity index is 1010. The number of nitrogens with two attached hydrogens (primary N) is 1. The molecule has 0 spiro atoms. The molecule has 0 saturated carbocycles. The van der Waals surface area contributed by atoms with Crippen molar-refractivity contribution in [1.82, 2.24) is 5.32 Å². The van der Waals surface area contributed by atoms with Crippen LogP contribution in [0.4, 0.5) is 0 Å². The van der Waals surface area contributed by atoms with Crippen LogP contribution in [0.1, 0.15) is 239 Å². The number of carbonyl (C=O) groups is 1. The molecule has 342 valence electrons. The lowest BCUT2D eigenvalue weighted by molar-refractivity contribution is -0.123. The highest BCUT2D eigenvalue weighted by Crippen LogP contribution is 2.43. The van der Waals surface area contributed by atoms with Gasteiger partial charge in [0.1, 0.15) is 0 Å². The van der Waals surface area contributed by atoms with Crippen LogP contribution in [0.15, 0.2) is 36.5 Å². The summed E-state index contributed by atoms with van der Waals surface area (Å²) in [5.41, 5.74) is 5.39. The number of aliphatic hydroxyl groups excluding tert-OH is 1. The Hall–Kier alpha value is -1.28. The summed E-state index contributed by atoms with van der Waals surface area (Å²) in [5.74, 6) is -0.197. The highest BCUT2D eigenvalue weighted by Gasteiger charge is 2.26. The van der Waals surface area contributed by atoms with E-state index in [1.807, 2.05) is 6.08 Å². The van der Waals surface area contributed by atoms with Gasteiger partial charge in [-0.05, 0) is 51.4 Å². The minimum Gasteiger partial charge on any atom is -0.387 e. The highest BCUT2D eigenvalue weighted by atomic mass is 31.2. The normalized spacial score (nSPS) is 14.2. The van der Waals surface area contributed by atoms with E-state index in [-0.39, 0.29) is 25.7 Å². The molecule has 0 heterocycles. The Kier molecular flexibility index (Phi) is 44.3. The molecule has 0 aliphatic heterocycles. The van der Waals surface area contributed by atoms with E-state index in [2.05, 4.69) is 43.5 Å². The van der Waals surface area contributed by atoms with Crippen molar-refractivity contribution in [3.63, 3.8) is 0 Å². The second-order valence-electron chi connectivity index (χ2n) is 16.7. The van der Waals surface area contributed by atoms with Gasteiger partial charge in [-0.1, -0.05) is 217 Å². The van der Waals surface area contributed by atoms with Crippen molar-refractivity contribution >= 4 is 13.7 Å². The molecule has 0 aliphatic rings. The molecule has 5 N–H and O–H groups in total. The quantitative estimate of drug-likeness (QED) is 0.0273. The van der Waals surface area contributed by atoms with Crippen LogP contribution in [0.3, 0.4) is 0 Å². The third kappa shape index (κ3) is 42.8. The van der Waals surface area contributed by atoms with E-state index in [0.29, 0.717) is 6.42 Å². The number of nitrogens with one attached hydrogen (secondary N) is 1. The Balaban J connectivity index is 4.13. The average Bonchev–Trinajstić information content (AvgIpc) is 3.21. The van der Waals surface area contributed by atoms with Crippen molar-refractivity contribution in [3.8, 4) is 0 Å². The predicted molar refractivity (Wildman–Crippen MR) is 249 cm³/mol. The molecule has 0 aromatic heterocycles. The van der Waals surface area contributed by atoms with Crippen molar-refractivity contribution < 1.29 is 28.4 Å². The van der Waals surface area contributed by atoms with E-state index in [9.17, 15) is 19.4 Å². The first-order valence-corrected chi connectivity index (χ1v) is 26.1. The van der Waals surface area contributed by atoms with Crippen LogP contribution in [0.2, 0.25) is 0 Å². The maximum Gasteiger partial charge on any atom is 0.472 e. The summed E-state index contributed by atoms with van der Waals surface area (Å²) in [4.78, 5) is 22.8. The van der Waals surface area contributed by atoms with Gasteiger partial charge < -0.3 is 21.1 Å². The van der Waals surface area contributed by atoms with Crippen molar-refractivity contribution in [3.05, 3.63) is 36.5 Å². The fourth-order valence-corrected chi connectivity index (χ4v) is 7.98. The summed E-state index contributed by atoms with van der Waals surface area (Å²) in [5, 5.41) is 13.7. The van der Waals surface area contributed by atoms with Crippen LogP contribution in [-0.4, -0.2) is 47.8 Å². The topological polar surface area (TPSA) is 131 Å². The Labute approximate surface area is 359 Å². The third-order valence-electron chi connectivity index (χ3n) is 11.0. The fourth-order valence-electron chi connectivity index (χ4n) is 7.22. The van der Waals surface area contributed by atoms with E-state index in [1.54, 1.807) is 6.08 Å². The molecule has 3 atom stereocenters. The van der Waals surface area contributed by atoms with Crippen LogP contribution in [0.25, 0.3) is 0 Å². The first-order valence-electron chi connectivity index (χ1n) is 24.6. The molecule has 8 nitrogen and oxygen atoms in total. The van der Waals surface area contributed by atoms with E-state index in [1.165, 1.54) is 173 Å². The van der Waals surface area contributed by atoms with Gasteiger partial charge in [0.2, 0.25) is 5.91 Å². The van der Waals surface area contributed by atoms with Gasteiger partial charge in [-0.15, -0.1) is 0 Å². The third-order valence-corrected chi connectivity index (χ3v) is 11.9. The summed E-state index contributed by atoms with van der Waals surface area (Å²) in [6.07, 6.45) is 54.8. The molecule has 0 rings (SSSR count). The van der Waals surface area contributed by atoms with Gasteiger partial charge >= 0.3 is 7.82 Å². The van der Waals surface area contributed by atoms with Crippen LogP contribution < -0.4 is 11.1 Å². The molecular formula is C49H95N2O6P. The summed E-state index contributed by atoms with van der Waals surface area (Å²) in [6, 6.07) is -0.862. The standard InChI is InChI=1S/C49H95N2O6P/c1-3-5-7-9-11-13-15-17-19-21-23-25-26-28-30-32-34-36-38-40-42-48(52)47(46-57-58(54,55)56-45-44-50)51-49(53)43-41-39-37-35-33-31-29-27-24-22-20-18-16-14-12-10-8-6-4-2/h12,14,18,20,40,42,47-48,52H,3-11,13,15-17,19,21-39,41,43-46,50H2,1-2H3,(H,51,53)(H,54,55)/b14-12-,20-18-,42-40+. The van der Waals surface area contributed by atoms with E-state index < -0.39 is 20.0 Å². The maximum absolute atomic E-state index is 12.8. The molecule has 0 fully saturated rings. The second-order valence-corrected chi connectivity index (χ2v) is 18.1. The number of carbonyl (C=O) groups excluding carboxylic acids is 1. The average molecular weight is 839 g/mol. The minimum absolute atomic E-state index is 0.0778. The molecule has 0 aromatic carbocycles. The zero-order valence-electron chi connectivity index (χ0n) is 38.0. The maximum atomic E-state index is 12.8. The van der Waals surface area contributed by atoms with Gasteiger partial charge in [-0.25, -0.2) is 4.57 Å². The summed E-state index contributed by atoms with van der Waals surface area (Å²) < 4.78 is 22.2. The Morgan fingerprint density at radius 2 is 0.948 bits per heavy atom. The van der Waals surface area contributed by atoms with Crippen molar-refractivity contribution in [2.24, 2.45) is 5.73 Å². The van der Waals surface area contributed by atoms with Gasteiger partial charge in [0.05, 0.1) is 25.4 Å². The molecular weight excluding hydrogens is 744 g/mol. The van der Waals surface area contributed by atoms with Crippen molar-refractivity contribution in [1.29, 1.82) is 0 Å². The largest absolute Gasteiger partial charge is 0.472 e. The van der Waals surface area contributed by atoms with Crippen molar-refractivity contribution in [2.45, 2.75) is 251 Å². The lowest BCUT2D eigenvalue weighted by atomic mass is 10.0. The predicted octanol–water partition coefficient (Wildman–Crippen LogP) is 14.3. The second kappa shape index (κ2) is 45.3. The lowest BCUT2D eigenvalue weighted by Crippen LogP contribution is -2.45. The molecule has 0 radical (unpaired) electrons. The van der Waals surface area contributed by atoms with Crippen LogP contribution in [0, 0.1) is 0 Å². The number of phosphoric ester groups is 1. The lowest BCUT2D eigenvalue weighted by Gasteiger charge is -2.23. The summed E-state index contributed by atoms with van der Waals surface area (Å²) in [6.45, 7) is 4.13. The van der Waals surface area contributed by atoms with Crippen LogP contribution in [0.5, 0.6) is 0 Å². The number of rotatable bonds is 46. The molecule has 3 unspecified atom stereocenters. The number of hydrogen-bond acceptors (Lipinski definition) is 6. The monoisotopic (exact) mass is 839 g/mol. The van der Waals surface area contributed by atoms with Gasteiger partial charge in [0.15, 0.2) is 0 Å². The van der Waals surface area contributed by atoms with Gasteiger partial charge in [-0.3, -0.25) is 13.8 Å². The smallest absolute Gasteiger partial charge is 0.387 e. The molecule has 9 heteroatoms. The van der Waals surface area contributed by atoms with Gasteiger partial charge in [0.25, 0.3) is 0 Å². The number of aliphatic hydroxyl groups is 1. The van der Waals surface area contributed by atoms with Crippen molar-refractivity contribution in [2.75, 3.05) is 19.8 Å². The van der Waals surface area contributed by atoms with E-state index >= 15 is 0 Å². The number of hydrogen-bond donors (Lipinski definition) is 4. The molecule has 0 aromatic rings. The molecule has 1 amide bonds. The van der Waals surface area contributed by atoms with E-state index in [4.69, 9.17) is 14.8 Å². The zero-order chi connectivity index (χ0) is 42.5. The first kappa shape index (κ1) is 56.7. The number of phosphoric acid groups is 1. The number of amides is 1. The molecule has 0 saturated heterocycles. The number of allylic oxidation sites excluding steroid dienone is 5. The van der Waals surface area contributed by atoms with E-state index in [0.717, 1.165) is 44.9 Å². The minimum atomic E-state index is -4.34. The van der Waals surface area contributed by atoms with Gasteiger partial charge in [0, 0.05) is 13.0 Å². The highest BCUT2D eigenvalue weighted by molar-refractivity contribution is 7.47. The fraction of sp³-hybridized carbons (Fsp3) is 0.857. The number of unbranched alkanes of at least 4 members (excludes halogenated alkanes) is 30. The first-order chi connectivity index (χ1) is 28.4. The van der Waals surface area contributed by atoms with Gasteiger partial charge in [-0.2, -0.15) is 0 Å². The molecule has 58 heavy (non-hydrogen) atoms. The summed E-state index contributed by atoms with van der Waals surface area (Å²) in [7, 11) is -4.34. The molecule has 0 bridgehead atoms. The van der Waals surface area contributed by atoms with Crippen LogP contribution >= 0.6 is 7.82 Å². The zero-order valence-corrected chi connectivity index (χ0v) is 38.9. The Morgan fingerprint density at radius 1 is 0.569 bits per heavy atom.